The molecule has 1 rings (SSSR count). The molecule has 0 radical (unpaired) electrons. The van der Waals surface area contributed by atoms with E-state index in [9.17, 15) is 9.59 Å². The third kappa shape index (κ3) is 6.29. The van der Waals surface area contributed by atoms with Crippen molar-refractivity contribution in [3.8, 4) is 5.75 Å². The van der Waals surface area contributed by atoms with E-state index in [0.29, 0.717) is 6.42 Å². The normalized spacial score (nSPS) is 10.8. The molecule has 1 aromatic carbocycles. The third-order valence-electron chi connectivity index (χ3n) is 2.76. The van der Waals surface area contributed by atoms with E-state index >= 15 is 0 Å². The molecule has 0 saturated carbocycles. The number of ether oxygens (including phenoxy) is 2. The van der Waals surface area contributed by atoms with Crippen LogP contribution in [0.15, 0.2) is 18.2 Å². The molecule has 0 heterocycles. The molecule has 21 heavy (non-hydrogen) atoms. The molecular weight excluding hydrogens is 270 g/mol. The van der Waals surface area contributed by atoms with Crippen LogP contribution in [0.4, 0.5) is 0 Å². The third-order valence-corrected chi connectivity index (χ3v) is 2.76. The molecule has 0 saturated heterocycles. The van der Waals surface area contributed by atoms with E-state index < -0.39 is 12.0 Å². The molecule has 0 aliphatic rings. The minimum atomic E-state index is -0.671. The minimum Gasteiger partial charge on any atom is -0.496 e. The molecule has 1 unspecified atom stereocenters. The SMILES string of the molecule is CC.COC(=O)C(Cc1ccc(OC)c(C)c1)NC(C)=O. The van der Waals surface area contributed by atoms with Gasteiger partial charge in [0.25, 0.3) is 0 Å². The molecular formula is C16H25NO4. The number of nitrogens with one attached hydrogen (secondary N) is 1. The van der Waals surface area contributed by atoms with Crippen molar-refractivity contribution >= 4 is 11.9 Å². The lowest BCUT2D eigenvalue weighted by atomic mass is 10.0. The highest BCUT2D eigenvalue weighted by Crippen LogP contribution is 2.19. The molecule has 0 aliphatic heterocycles. The average Bonchev–Trinajstić information content (AvgIpc) is 2.47. The molecule has 5 heteroatoms. The van der Waals surface area contributed by atoms with Gasteiger partial charge < -0.3 is 14.8 Å². The Bertz CT molecular complexity index is 471. The predicted octanol–water partition coefficient (Wildman–Crippen LogP) is 2.25. The van der Waals surface area contributed by atoms with E-state index in [0.717, 1.165) is 16.9 Å². The van der Waals surface area contributed by atoms with Gasteiger partial charge in [0.2, 0.25) is 5.91 Å². The lowest BCUT2D eigenvalue weighted by Crippen LogP contribution is -2.41. The molecule has 1 N–H and O–H groups in total. The first-order valence-electron chi connectivity index (χ1n) is 6.96. The summed E-state index contributed by atoms with van der Waals surface area (Å²) in [7, 11) is 2.91. The summed E-state index contributed by atoms with van der Waals surface area (Å²) in [5.41, 5.74) is 1.91. The Kier molecular flexibility index (Phi) is 8.85. The zero-order valence-electron chi connectivity index (χ0n) is 13.6. The second kappa shape index (κ2) is 9.80. The Morgan fingerprint density at radius 2 is 1.86 bits per heavy atom. The summed E-state index contributed by atoms with van der Waals surface area (Å²) in [6.45, 7) is 7.29. The Balaban J connectivity index is 0.00000191. The van der Waals surface area contributed by atoms with E-state index in [1.807, 2.05) is 39.0 Å². The van der Waals surface area contributed by atoms with E-state index in [1.165, 1.54) is 14.0 Å². The number of hydrogen-bond donors (Lipinski definition) is 1. The summed E-state index contributed by atoms with van der Waals surface area (Å²) >= 11 is 0. The van der Waals surface area contributed by atoms with Crippen molar-refractivity contribution in [2.45, 2.75) is 40.2 Å². The fourth-order valence-electron chi connectivity index (χ4n) is 1.88. The van der Waals surface area contributed by atoms with Crippen LogP contribution in [-0.4, -0.2) is 32.1 Å². The number of carbonyl (C=O) groups excluding carboxylic acids is 2. The first-order chi connectivity index (χ1) is 9.97. The Labute approximate surface area is 126 Å². The van der Waals surface area contributed by atoms with Gasteiger partial charge >= 0.3 is 5.97 Å². The number of carbonyl (C=O) groups is 2. The number of aryl methyl sites for hydroxylation is 1. The largest absolute Gasteiger partial charge is 0.496 e. The number of esters is 1. The van der Waals surface area contributed by atoms with Gasteiger partial charge in [-0.05, 0) is 24.1 Å². The molecule has 1 amide bonds. The van der Waals surface area contributed by atoms with Gasteiger partial charge in [-0.15, -0.1) is 0 Å². The minimum absolute atomic E-state index is 0.263. The van der Waals surface area contributed by atoms with Crippen LogP contribution in [0.2, 0.25) is 0 Å². The van der Waals surface area contributed by atoms with Crippen molar-refractivity contribution in [1.82, 2.24) is 5.32 Å². The van der Waals surface area contributed by atoms with Crippen LogP contribution in [0.25, 0.3) is 0 Å². The summed E-state index contributed by atoms with van der Waals surface area (Å²) in [5, 5.41) is 2.58. The van der Waals surface area contributed by atoms with Crippen LogP contribution in [-0.2, 0) is 20.7 Å². The zero-order chi connectivity index (χ0) is 16.4. The zero-order valence-corrected chi connectivity index (χ0v) is 13.6. The summed E-state index contributed by atoms with van der Waals surface area (Å²) in [6.07, 6.45) is 0.386. The van der Waals surface area contributed by atoms with Crippen LogP contribution < -0.4 is 10.1 Å². The van der Waals surface area contributed by atoms with E-state index in [4.69, 9.17) is 4.74 Å². The molecule has 0 fully saturated rings. The van der Waals surface area contributed by atoms with E-state index in [1.54, 1.807) is 7.11 Å². The lowest BCUT2D eigenvalue weighted by Gasteiger charge is -2.16. The maximum Gasteiger partial charge on any atom is 0.328 e. The van der Waals surface area contributed by atoms with Gasteiger partial charge in [0, 0.05) is 13.3 Å². The molecule has 0 aromatic heterocycles. The van der Waals surface area contributed by atoms with Crippen LogP contribution in [0.5, 0.6) is 5.75 Å². The van der Waals surface area contributed by atoms with E-state index in [-0.39, 0.29) is 5.91 Å². The maximum absolute atomic E-state index is 11.6. The standard InChI is InChI=1S/C14H19NO4.C2H6/c1-9-7-11(5-6-13(9)18-3)8-12(14(17)19-4)15-10(2)16;1-2/h5-7,12H,8H2,1-4H3,(H,15,16);1-2H3. The Morgan fingerprint density at radius 3 is 2.29 bits per heavy atom. The van der Waals surface area contributed by atoms with Crippen molar-refractivity contribution in [1.29, 1.82) is 0 Å². The van der Waals surface area contributed by atoms with Crippen LogP contribution >= 0.6 is 0 Å². The van der Waals surface area contributed by atoms with Crippen LogP contribution in [0, 0.1) is 6.92 Å². The summed E-state index contributed by atoms with van der Waals surface area (Å²) < 4.78 is 9.86. The molecule has 1 atom stereocenters. The fraction of sp³-hybridized carbons (Fsp3) is 0.500. The molecule has 0 aliphatic carbocycles. The van der Waals surface area contributed by atoms with Crippen LogP contribution in [0.3, 0.4) is 0 Å². The average molecular weight is 295 g/mol. The monoisotopic (exact) mass is 295 g/mol. The quantitative estimate of drug-likeness (QED) is 0.846. The smallest absolute Gasteiger partial charge is 0.328 e. The highest BCUT2D eigenvalue weighted by molar-refractivity contribution is 5.83. The van der Waals surface area contributed by atoms with Gasteiger partial charge in [-0.25, -0.2) is 4.79 Å². The Hall–Kier alpha value is -2.04. The van der Waals surface area contributed by atoms with Gasteiger partial charge in [0.15, 0.2) is 0 Å². The molecule has 0 spiro atoms. The Morgan fingerprint density at radius 1 is 1.24 bits per heavy atom. The number of hydrogen-bond acceptors (Lipinski definition) is 4. The number of methoxy groups -OCH3 is 2. The van der Waals surface area contributed by atoms with Gasteiger partial charge in [-0.1, -0.05) is 26.0 Å². The fourth-order valence-corrected chi connectivity index (χ4v) is 1.88. The number of amides is 1. The lowest BCUT2D eigenvalue weighted by molar-refractivity contribution is -0.144. The predicted molar refractivity (Wildman–Crippen MR) is 82.4 cm³/mol. The number of rotatable bonds is 5. The van der Waals surface area contributed by atoms with Crippen molar-refractivity contribution in [3.63, 3.8) is 0 Å². The van der Waals surface area contributed by atoms with Crippen LogP contribution in [0.1, 0.15) is 31.9 Å². The molecule has 1 aromatic rings. The summed E-state index contributed by atoms with van der Waals surface area (Å²) in [4.78, 5) is 22.7. The van der Waals surface area contributed by atoms with Crippen molar-refractivity contribution in [3.05, 3.63) is 29.3 Å². The number of benzene rings is 1. The summed E-state index contributed by atoms with van der Waals surface area (Å²) in [5.74, 6) is 0.0715. The van der Waals surface area contributed by atoms with Gasteiger partial charge in [-0.3, -0.25) is 4.79 Å². The maximum atomic E-state index is 11.6. The highest BCUT2D eigenvalue weighted by Gasteiger charge is 2.20. The molecule has 5 nitrogen and oxygen atoms in total. The second-order valence-electron chi connectivity index (χ2n) is 4.28. The summed E-state index contributed by atoms with van der Waals surface area (Å²) in [6, 6.07) is 4.96. The van der Waals surface area contributed by atoms with Crippen molar-refractivity contribution < 1.29 is 19.1 Å². The molecule has 0 bridgehead atoms. The van der Waals surface area contributed by atoms with Gasteiger partial charge in [0.1, 0.15) is 11.8 Å². The second-order valence-corrected chi connectivity index (χ2v) is 4.28. The first kappa shape index (κ1) is 19.0. The van der Waals surface area contributed by atoms with Gasteiger partial charge in [0.05, 0.1) is 14.2 Å². The first-order valence-corrected chi connectivity index (χ1v) is 6.96. The van der Waals surface area contributed by atoms with Crippen molar-refractivity contribution in [2.75, 3.05) is 14.2 Å². The van der Waals surface area contributed by atoms with E-state index in [2.05, 4.69) is 10.1 Å². The highest BCUT2D eigenvalue weighted by atomic mass is 16.5. The molecule has 118 valence electrons. The van der Waals surface area contributed by atoms with Crippen molar-refractivity contribution in [2.24, 2.45) is 0 Å². The topological polar surface area (TPSA) is 64.6 Å². The van der Waals surface area contributed by atoms with Gasteiger partial charge in [-0.2, -0.15) is 0 Å².